The third-order valence-corrected chi connectivity index (χ3v) is 3.51. The van der Waals surface area contributed by atoms with Gasteiger partial charge in [-0.1, -0.05) is 27.2 Å². The number of Topliss-reactive ketones (excluding diaryl/α,β-unsaturated/α-hetero) is 1. The van der Waals surface area contributed by atoms with Crippen LogP contribution in [0, 0.1) is 5.41 Å². The summed E-state index contributed by atoms with van der Waals surface area (Å²) < 4.78 is 0. The summed E-state index contributed by atoms with van der Waals surface area (Å²) in [6, 6.07) is 0.670. The van der Waals surface area contributed by atoms with Crippen molar-refractivity contribution in [3.05, 3.63) is 0 Å². The van der Waals surface area contributed by atoms with Crippen LogP contribution in [0.1, 0.15) is 46.5 Å². The highest BCUT2D eigenvalue weighted by atomic mass is 16.1. The largest absolute Gasteiger partial charge is 0.297 e. The van der Waals surface area contributed by atoms with Crippen LogP contribution < -0.4 is 5.43 Å². The lowest BCUT2D eigenvalue weighted by molar-refractivity contribution is -0.128. The van der Waals surface area contributed by atoms with Crippen molar-refractivity contribution in [2.45, 2.75) is 58.5 Å². The van der Waals surface area contributed by atoms with E-state index in [1.807, 2.05) is 20.8 Å². The molecule has 0 radical (unpaired) electrons. The van der Waals surface area contributed by atoms with Crippen molar-refractivity contribution in [2.75, 3.05) is 6.54 Å². The number of rotatable bonds is 1. The average molecular weight is 210 g/mol. The Balaban J connectivity index is 2.00. The van der Waals surface area contributed by atoms with E-state index in [0.717, 1.165) is 13.0 Å². The highest BCUT2D eigenvalue weighted by molar-refractivity contribution is 5.88. The van der Waals surface area contributed by atoms with Crippen LogP contribution in [0.3, 0.4) is 0 Å². The predicted octanol–water partition coefficient (Wildman–Crippen LogP) is 1.73. The van der Waals surface area contributed by atoms with Gasteiger partial charge in [-0.25, -0.2) is 10.4 Å². The highest BCUT2D eigenvalue weighted by Crippen LogP contribution is 2.28. The number of nitrogens with zero attached hydrogens (tertiary/aromatic N) is 1. The maximum absolute atomic E-state index is 12.1. The summed E-state index contributed by atoms with van der Waals surface area (Å²) in [5, 5.41) is 2.29. The van der Waals surface area contributed by atoms with Crippen LogP contribution in [0.2, 0.25) is 0 Å². The molecule has 0 aromatic carbocycles. The van der Waals surface area contributed by atoms with E-state index in [2.05, 4.69) is 10.4 Å². The van der Waals surface area contributed by atoms with E-state index in [9.17, 15) is 4.79 Å². The summed E-state index contributed by atoms with van der Waals surface area (Å²) in [6.07, 6.45) is 4.84. The van der Waals surface area contributed by atoms with Gasteiger partial charge in [0, 0.05) is 18.0 Å². The standard InChI is InChI=1S/C12H22N2O/c1-12(2,3)11(15)10-8-9-6-4-5-7-14(9)13-10/h9-10,13H,4-8H2,1-3H3. The molecular weight excluding hydrogens is 188 g/mol. The minimum absolute atomic E-state index is 0.0631. The lowest BCUT2D eigenvalue weighted by Crippen LogP contribution is -2.46. The van der Waals surface area contributed by atoms with Gasteiger partial charge in [-0.05, 0) is 19.3 Å². The Morgan fingerprint density at radius 2 is 2.07 bits per heavy atom. The Labute approximate surface area is 92.2 Å². The van der Waals surface area contributed by atoms with Gasteiger partial charge in [0.05, 0.1) is 6.04 Å². The second-order valence-electron chi connectivity index (χ2n) is 5.87. The van der Waals surface area contributed by atoms with Crippen molar-refractivity contribution >= 4 is 5.78 Å². The predicted molar refractivity (Wildman–Crippen MR) is 60.3 cm³/mol. The molecule has 1 N–H and O–H groups in total. The van der Waals surface area contributed by atoms with E-state index in [1.165, 1.54) is 19.3 Å². The topological polar surface area (TPSA) is 32.3 Å². The lowest BCUT2D eigenvalue weighted by Gasteiger charge is -2.28. The monoisotopic (exact) mass is 210 g/mol. The van der Waals surface area contributed by atoms with Gasteiger partial charge < -0.3 is 0 Å². The number of hydrazine groups is 1. The Morgan fingerprint density at radius 1 is 1.33 bits per heavy atom. The molecule has 2 saturated heterocycles. The molecule has 3 heteroatoms. The van der Waals surface area contributed by atoms with E-state index in [-0.39, 0.29) is 11.5 Å². The summed E-state index contributed by atoms with van der Waals surface area (Å²) in [6.45, 7) is 7.13. The zero-order valence-electron chi connectivity index (χ0n) is 10.0. The number of carbonyl (C=O) groups is 1. The summed E-state index contributed by atoms with van der Waals surface area (Å²) in [5.74, 6) is 0.358. The molecule has 0 bridgehead atoms. The Morgan fingerprint density at radius 3 is 2.67 bits per heavy atom. The fourth-order valence-corrected chi connectivity index (χ4v) is 2.63. The quantitative estimate of drug-likeness (QED) is 0.715. The number of carbonyl (C=O) groups excluding carboxylic acids is 1. The zero-order chi connectivity index (χ0) is 11.1. The Hall–Kier alpha value is -0.410. The van der Waals surface area contributed by atoms with Crippen molar-refractivity contribution in [3.8, 4) is 0 Å². The number of hydrogen-bond donors (Lipinski definition) is 1. The number of fused-ring (bicyclic) bond motifs is 1. The number of nitrogens with one attached hydrogen (secondary N) is 1. The van der Waals surface area contributed by atoms with Crippen LogP contribution in [0.4, 0.5) is 0 Å². The minimum Gasteiger partial charge on any atom is -0.297 e. The molecule has 86 valence electrons. The van der Waals surface area contributed by atoms with Crippen molar-refractivity contribution < 1.29 is 4.79 Å². The second kappa shape index (κ2) is 3.87. The fraction of sp³-hybridized carbons (Fsp3) is 0.917. The van der Waals surface area contributed by atoms with Gasteiger partial charge >= 0.3 is 0 Å². The van der Waals surface area contributed by atoms with Gasteiger partial charge in [0.1, 0.15) is 0 Å². The molecule has 0 aliphatic carbocycles. The molecule has 0 aromatic heterocycles. The molecule has 2 atom stereocenters. The van der Waals surface area contributed by atoms with Crippen molar-refractivity contribution in [1.82, 2.24) is 10.4 Å². The Kier molecular flexibility index (Phi) is 2.86. The average Bonchev–Trinajstić information content (AvgIpc) is 2.58. The summed E-state index contributed by atoms with van der Waals surface area (Å²) in [4.78, 5) is 12.1. The van der Waals surface area contributed by atoms with Crippen LogP contribution in [0.25, 0.3) is 0 Å². The van der Waals surface area contributed by atoms with Crippen LogP contribution in [0.15, 0.2) is 0 Å². The molecule has 15 heavy (non-hydrogen) atoms. The van der Waals surface area contributed by atoms with Gasteiger partial charge in [0.2, 0.25) is 0 Å². The summed E-state index contributed by atoms with van der Waals surface area (Å²) in [7, 11) is 0. The zero-order valence-corrected chi connectivity index (χ0v) is 10.0. The molecule has 0 aromatic rings. The molecule has 2 fully saturated rings. The van der Waals surface area contributed by atoms with Gasteiger partial charge in [0.25, 0.3) is 0 Å². The number of hydrogen-bond acceptors (Lipinski definition) is 3. The van der Waals surface area contributed by atoms with Crippen molar-refractivity contribution in [1.29, 1.82) is 0 Å². The molecule has 2 heterocycles. The maximum atomic E-state index is 12.1. The SMILES string of the molecule is CC(C)(C)C(=O)C1CC2CCCCN2N1. The first-order valence-electron chi connectivity index (χ1n) is 6.05. The molecule has 2 aliphatic rings. The molecule has 2 rings (SSSR count). The van der Waals surface area contributed by atoms with Crippen LogP contribution in [0.5, 0.6) is 0 Å². The van der Waals surface area contributed by atoms with Crippen LogP contribution in [-0.4, -0.2) is 29.4 Å². The van der Waals surface area contributed by atoms with Crippen LogP contribution in [-0.2, 0) is 4.79 Å². The highest BCUT2D eigenvalue weighted by Gasteiger charge is 2.39. The van der Waals surface area contributed by atoms with Gasteiger partial charge in [0.15, 0.2) is 5.78 Å². The molecule has 0 spiro atoms. The third kappa shape index (κ3) is 2.23. The third-order valence-electron chi connectivity index (χ3n) is 3.51. The molecule has 3 nitrogen and oxygen atoms in total. The molecule has 2 aliphatic heterocycles. The second-order valence-corrected chi connectivity index (χ2v) is 5.87. The lowest BCUT2D eigenvalue weighted by atomic mass is 9.85. The maximum Gasteiger partial charge on any atom is 0.156 e. The van der Waals surface area contributed by atoms with Crippen molar-refractivity contribution in [3.63, 3.8) is 0 Å². The van der Waals surface area contributed by atoms with Crippen molar-refractivity contribution in [2.24, 2.45) is 5.41 Å². The number of piperidine rings is 1. The normalized spacial score (nSPS) is 32.7. The van der Waals surface area contributed by atoms with E-state index in [0.29, 0.717) is 11.8 Å². The van der Waals surface area contributed by atoms with Gasteiger partial charge in [-0.2, -0.15) is 0 Å². The Bertz CT molecular complexity index is 243. The first-order chi connectivity index (χ1) is 6.98. The smallest absolute Gasteiger partial charge is 0.156 e. The molecule has 0 amide bonds. The van der Waals surface area contributed by atoms with E-state index >= 15 is 0 Å². The van der Waals surface area contributed by atoms with Gasteiger partial charge in [-0.15, -0.1) is 0 Å². The fourth-order valence-electron chi connectivity index (χ4n) is 2.63. The van der Waals surface area contributed by atoms with Crippen LogP contribution >= 0.6 is 0 Å². The minimum atomic E-state index is -0.216. The summed E-state index contributed by atoms with van der Waals surface area (Å²) >= 11 is 0. The molecule has 2 unspecified atom stereocenters. The first-order valence-corrected chi connectivity index (χ1v) is 6.05. The van der Waals surface area contributed by atoms with Gasteiger partial charge in [-0.3, -0.25) is 4.79 Å². The van der Waals surface area contributed by atoms with E-state index in [4.69, 9.17) is 0 Å². The molecule has 0 saturated carbocycles. The molecular formula is C12H22N2O. The van der Waals surface area contributed by atoms with E-state index < -0.39 is 0 Å². The van der Waals surface area contributed by atoms with E-state index in [1.54, 1.807) is 0 Å². The first kappa shape index (κ1) is 11.1. The summed E-state index contributed by atoms with van der Waals surface area (Å²) in [5.41, 5.74) is 3.17. The number of ketones is 1.